The molecule has 1 aromatic heterocycles. The number of fused-ring (bicyclic) bond motifs is 1. The van der Waals surface area contributed by atoms with Gasteiger partial charge in [-0.25, -0.2) is 0 Å². The van der Waals surface area contributed by atoms with Gasteiger partial charge < -0.3 is 10.2 Å². The zero-order chi connectivity index (χ0) is 13.9. The number of para-hydroxylation sites is 1. The van der Waals surface area contributed by atoms with Gasteiger partial charge in [0, 0.05) is 24.5 Å². The minimum atomic E-state index is 0.547. The molecule has 0 saturated carbocycles. The highest BCUT2D eigenvalue weighted by Crippen LogP contribution is 2.32. The number of pyridine rings is 1. The first-order chi connectivity index (χ1) is 9.78. The average molecular weight is 267 g/mol. The predicted molar refractivity (Wildman–Crippen MR) is 82.8 cm³/mol. The Balaban J connectivity index is 1.77. The minimum absolute atomic E-state index is 0.547. The Morgan fingerprint density at radius 1 is 1.25 bits per heavy atom. The lowest BCUT2D eigenvalue weighted by Gasteiger charge is -2.24. The molecule has 1 aliphatic rings. The lowest BCUT2D eigenvalue weighted by molar-refractivity contribution is 0.664. The molecule has 2 heterocycles. The number of hydrogen-bond donors (Lipinski definition) is 1. The summed E-state index contributed by atoms with van der Waals surface area (Å²) in [7, 11) is 1.96. The SMILES string of the molecule is CNCc1ccc(CN2c3ccccc3CC2C)nc1. The number of benzene rings is 1. The highest BCUT2D eigenvalue weighted by molar-refractivity contribution is 5.59. The first kappa shape index (κ1) is 13.1. The Labute approximate surface area is 120 Å². The van der Waals surface area contributed by atoms with Crippen molar-refractivity contribution in [2.45, 2.75) is 32.5 Å². The first-order valence-electron chi connectivity index (χ1n) is 7.21. The summed E-state index contributed by atoms with van der Waals surface area (Å²) < 4.78 is 0. The van der Waals surface area contributed by atoms with Crippen LogP contribution in [-0.2, 0) is 19.5 Å². The van der Waals surface area contributed by atoms with Crippen molar-refractivity contribution in [3.63, 3.8) is 0 Å². The molecule has 104 valence electrons. The van der Waals surface area contributed by atoms with Gasteiger partial charge in [0.25, 0.3) is 0 Å². The average Bonchev–Trinajstić information content (AvgIpc) is 2.78. The van der Waals surface area contributed by atoms with Crippen LogP contribution in [0.4, 0.5) is 5.69 Å². The van der Waals surface area contributed by atoms with Crippen molar-refractivity contribution < 1.29 is 0 Å². The van der Waals surface area contributed by atoms with E-state index in [4.69, 9.17) is 0 Å². The Morgan fingerprint density at radius 3 is 2.85 bits per heavy atom. The lowest BCUT2D eigenvalue weighted by Crippen LogP contribution is -2.29. The van der Waals surface area contributed by atoms with Crippen LogP contribution in [0.15, 0.2) is 42.6 Å². The van der Waals surface area contributed by atoms with Crippen LogP contribution in [0.25, 0.3) is 0 Å². The van der Waals surface area contributed by atoms with Crippen LogP contribution in [-0.4, -0.2) is 18.1 Å². The van der Waals surface area contributed by atoms with Gasteiger partial charge in [-0.3, -0.25) is 4.98 Å². The smallest absolute Gasteiger partial charge is 0.0605 e. The van der Waals surface area contributed by atoms with Crippen molar-refractivity contribution >= 4 is 5.69 Å². The summed E-state index contributed by atoms with van der Waals surface area (Å²) in [5.41, 5.74) is 5.17. The highest BCUT2D eigenvalue weighted by Gasteiger charge is 2.25. The van der Waals surface area contributed by atoms with Crippen LogP contribution >= 0.6 is 0 Å². The van der Waals surface area contributed by atoms with Crippen LogP contribution in [0.5, 0.6) is 0 Å². The van der Waals surface area contributed by atoms with Crippen LogP contribution in [0.3, 0.4) is 0 Å². The summed E-state index contributed by atoms with van der Waals surface area (Å²) in [6.45, 7) is 4.05. The summed E-state index contributed by atoms with van der Waals surface area (Å²) in [5.74, 6) is 0. The van der Waals surface area contributed by atoms with E-state index in [1.807, 2.05) is 13.2 Å². The topological polar surface area (TPSA) is 28.2 Å². The monoisotopic (exact) mass is 267 g/mol. The van der Waals surface area contributed by atoms with Crippen molar-refractivity contribution in [3.8, 4) is 0 Å². The molecule has 0 bridgehead atoms. The summed E-state index contributed by atoms with van der Waals surface area (Å²) in [4.78, 5) is 7.04. The van der Waals surface area contributed by atoms with Crippen molar-refractivity contribution in [1.29, 1.82) is 0 Å². The molecule has 3 rings (SSSR count). The largest absolute Gasteiger partial charge is 0.362 e. The fourth-order valence-electron chi connectivity index (χ4n) is 2.90. The molecule has 2 aromatic rings. The molecule has 1 unspecified atom stereocenters. The third kappa shape index (κ3) is 2.54. The molecular weight excluding hydrogens is 246 g/mol. The molecule has 0 saturated heterocycles. The van der Waals surface area contributed by atoms with Crippen LogP contribution < -0.4 is 10.2 Å². The van der Waals surface area contributed by atoms with E-state index >= 15 is 0 Å². The number of aromatic nitrogens is 1. The third-order valence-corrected chi connectivity index (χ3v) is 3.95. The molecule has 1 N–H and O–H groups in total. The van der Waals surface area contributed by atoms with E-state index in [9.17, 15) is 0 Å². The first-order valence-corrected chi connectivity index (χ1v) is 7.21. The van der Waals surface area contributed by atoms with Gasteiger partial charge in [-0.15, -0.1) is 0 Å². The van der Waals surface area contributed by atoms with Gasteiger partial charge in [-0.05, 0) is 43.7 Å². The molecule has 0 amide bonds. The number of hydrogen-bond acceptors (Lipinski definition) is 3. The zero-order valence-corrected chi connectivity index (χ0v) is 12.1. The Bertz CT molecular complexity index is 577. The normalized spacial score (nSPS) is 17.3. The van der Waals surface area contributed by atoms with Gasteiger partial charge in [0.2, 0.25) is 0 Å². The molecular formula is C17H21N3. The van der Waals surface area contributed by atoms with E-state index in [0.717, 1.165) is 25.2 Å². The second kappa shape index (κ2) is 5.63. The molecule has 3 nitrogen and oxygen atoms in total. The Morgan fingerprint density at radius 2 is 2.10 bits per heavy atom. The summed E-state index contributed by atoms with van der Waals surface area (Å²) in [5, 5.41) is 3.15. The minimum Gasteiger partial charge on any atom is -0.362 e. The van der Waals surface area contributed by atoms with Crippen molar-refractivity contribution in [2.24, 2.45) is 0 Å². The molecule has 0 aliphatic carbocycles. The maximum absolute atomic E-state index is 4.59. The fourth-order valence-corrected chi connectivity index (χ4v) is 2.90. The molecule has 0 fully saturated rings. The quantitative estimate of drug-likeness (QED) is 0.923. The van der Waals surface area contributed by atoms with Gasteiger partial charge in [-0.2, -0.15) is 0 Å². The predicted octanol–water partition coefficient (Wildman–Crippen LogP) is 2.75. The molecule has 0 radical (unpaired) electrons. The fraction of sp³-hybridized carbons (Fsp3) is 0.353. The van der Waals surface area contributed by atoms with Crippen molar-refractivity contribution in [3.05, 3.63) is 59.4 Å². The van der Waals surface area contributed by atoms with E-state index in [-0.39, 0.29) is 0 Å². The maximum Gasteiger partial charge on any atom is 0.0605 e. The number of nitrogens with one attached hydrogen (secondary N) is 1. The van der Waals surface area contributed by atoms with E-state index in [1.165, 1.54) is 16.8 Å². The third-order valence-electron chi connectivity index (χ3n) is 3.95. The molecule has 1 aromatic carbocycles. The molecule has 0 spiro atoms. The van der Waals surface area contributed by atoms with Crippen LogP contribution in [0.2, 0.25) is 0 Å². The summed E-state index contributed by atoms with van der Waals surface area (Å²) in [6, 6.07) is 13.5. The molecule has 1 aliphatic heterocycles. The summed E-state index contributed by atoms with van der Waals surface area (Å²) in [6.07, 6.45) is 3.10. The zero-order valence-electron chi connectivity index (χ0n) is 12.1. The molecule has 3 heteroatoms. The summed E-state index contributed by atoms with van der Waals surface area (Å²) >= 11 is 0. The van der Waals surface area contributed by atoms with Gasteiger partial charge in [0.15, 0.2) is 0 Å². The molecule has 1 atom stereocenters. The second-order valence-electron chi connectivity index (χ2n) is 5.50. The van der Waals surface area contributed by atoms with Gasteiger partial charge in [0.05, 0.1) is 12.2 Å². The van der Waals surface area contributed by atoms with Gasteiger partial charge in [-0.1, -0.05) is 24.3 Å². The van der Waals surface area contributed by atoms with E-state index in [2.05, 4.69) is 58.5 Å². The number of anilines is 1. The van der Waals surface area contributed by atoms with Crippen molar-refractivity contribution in [2.75, 3.05) is 11.9 Å². The maximum atomic E-state index is 4.59. The van der Waals surface area contributed by atoms with Gasteiger partial charge in [0.1, 0.15) is 0 Å². The Hall–Kier alpha value is -1.87. The van der Waals surface area contributed by atoms with E-state index in [1.54, 1.807) is 0 Å². The second-order valence-corrected chi connectivity index (χ2v) is 5.50. The Kier molecular flexibility index (Phi) is 3.70. The van der Waals surface area contributed by atoms with E-state index in [0.29, 0.717) is 6.04 Å². The van der Waals surface area contributed by atoms with Crippen LogP contribution in [0.1, 0.15) is 23.7 Å². The standard InChI is InChI=1S/C17H21N3/c1-13-9-15-5-3-4-6-17(15)20(13)12-16-8-7-14(10-18-2)11-19-16/h3-8,11,13,18H,9-10,12H2,1-2H3. The van der Waals surface area contributed by atoms with Gasteiger partial charge >= 0.3 is 0 Å². The highest BCUT2D eigenvalue weighted by atomic mass is 15.2. The molecule has 20 heavy (non-hydrogen) atoms. The van der Waals surface area contributed by atoms with E-state index < -0.39 is 0 Å². The van der Waals surface area contributed by atoms with Crippen LogP contribution in [0, 0.1) is 0 Å². The number of rotatable bonds is 4. The lowest BCUT2D eigenvalue weighted by atomic mass is 10.1. The number of nitrogens with zero attached hydrogens (tertiary/aromatic N) is 2. The van der Waals surface area contributed by atoms with Crippen molar-refractivity contribution in [1.82, 2.24) is 10.3 Å².